The minimum atomic E-state index is -0.756. The molecule has 1 heterocycles. The third kappa shape index (κ3) is 4.37. The van der Waals surface area contributed by atoms with Gasteiger partial charge in [0.2, 0.25) is 0 Å². The molecule has 1 rings (SSSR count). The van der Waals surface area contributed by atoms with E-state index < -0.39 is 6.10 Å². The minimum Gasteiger partial charge on any atom is -0.466 e. The molecule has 0 aromatic carbocycles. The van der Waals surface area contributed by atoms with Gasteiger partial charge in [-0.2, -0.15) is 5.10 Å². The summed E-state index contributed by atoms with van der Waals surface area (Å²) in [6, 6.07) is 0. The number of rotatable bonds is 7. The van der Waals surface area contributed by atoms with Crippen molar-refractivity contribution in [2.45, 2.75) is 32.8 Å². The molecular weight excluding hydrogens is 234 g/mol. The number of carbonyl (C=O) groups excluding carboxylic acids is 1. The van der Waals surface area contributed by atoms with Crippen molar-refractivity contribution in [3.05, 3.63) is 11.9 Å². The smallest absolute Gasteiger partial charge is 0.308 e. The molecule has 2 N–H and O–H groups in total. The maximum atomic E-state index is 11.2. The number of esters is 1. The van der Waals surface area contributed by atoms with Crippen LogP contribution in [0.5, 0.6) is 0 Å². The van der Waals surface area contributed by atoms with Crippen molar-refractivity contribution in [2.24, 2.45) is 7.05 Å². The molecule has 0 amide bonds. The summed E-state index contributed by atoms with van der Waals surface area (Å²) in [5.41, 5.74) is 1.84. The second-order valence-electron chi connectivity index (χ2n) is 4.06. The van der Waals surface area contributed by atoms with Crippen molar-refractivity contribution in [3.63, 3.8) is 0 Å². The van der Waals surface area contributed by atoms with Gasteiger partial charge < -0.3 is 15.2 Å². The van der Waals surface area contributed by atoms with Gasteiger partial charge in [0.05, 0.1) is 30.5 Å². The summed E-state index contributed by atoms with van der Waals surface area (Å²) < 4.78 is 6.49. The average Bonchev–Trinajstić information content (AvgIpc) is 2.67. The second kappa shape index (κ2) is 7.00. The molecule has 0 saturated carbocycles. The lowest BCUT2D eigenvalue weighted by atomic mass is 10.2. The zero-order chi connectivity index (χ0) is 13.5. The van der Waals surface area contributed by atoms with Crippen molar-refractivity contribution in [1.29, 1.82) is 0 Å². The fraction of sp³-hybridized carbons (Fsp3) is 0.667. The monoisotopic (exact) mass is 255 g/mol. The van der Waals surface area contributed by atoms with Gasteiger partial charge in [0.15, 0.2) is 0 Å². The molecule has 0 saturated heterocycles. The number of aliphatic hydroxyl groups is 1. The second-order valence-corrected chi connectivity index (χ2v) is 4.06. The lowest BCUT2D eigenvalue weighted by Crippen LogP contribution is -2.24. The molecule has 1 aromatic rings. The molecular formula is C12H21N3O3. The van der Waals surface area contributed by atoms with Crippen LogP contribution in [-0.4, -0.2) is 40.1 Å². The van der Waals surface area contributed by atoms with Crippen molar-refractivity contribution in [2.75, 3.05) is 18.5 Å². The summed E-state index contributed by atoms with van der Waals surface area (Å²) in [5, 5.41) is 17.1. The summed E-state index contributed by atoms with van der Waals surface area (Å²) in [5.74, 6) is -0.381. The summed E-state index contributed by atoms with van der Waals surface area (Å²) >= 11 is 0. The van der Waals surface area contributed by atoms with E-state index in [1.807, 2.05) is 20.2 Å². The van der Waals surface area contributed by atoms with Crippen molar-refractivity contribution < 1.29 is 14.6 Å². The van der Waals surface area contributed by atoms with E-state index in [-0.39, 0.29) is 12.4 Å². The molecule has 1 unspecified atom stereocenters. The third-order valence-corrected chi connectivity index (χ3v) is 2.48. The van der Waals surface area contributed by atoms with Gasteiger partial charge in [-0.3, -0.25) is 9.48 Å². The zero-order valence-electron chi connectivity index (χ0n) is 11.1. The number of carbonyl (C=O) groups is 1. The van der Waals surface area contributed by atoms with Crippen LogP contribution < -0.4 is 5.32 Å². The fourth-order valence-electron chi connectivity index (χ4n) is 1.66. The highest BCUT2D eigenvalue weighted by molar-refractivity contribution is 5.70. The van der Waals surface area contributed by atoms with Crippen LogP contribution in [0.1, 0.15) is 26.0 Å². The molecule has 0 radical (unpaired) electrons. The van der Waals surface area contributed by atoms with Crippen LogP contribution in [0.2, 0.25) is 0 Å². The van der Waals surface area contributed by atoms with Gasteiger partial charge in [-0.25, -0.2) is 0 Å². The number of nitrogens with zero attached hydrogens (tertiary/aromatic N) is 2. The molecule has 6 nitrogen and oxygen atoms in total. The van der Waals surface area contributed by atoms with Gasteiger partial charge in [-0.15, -0.1) is 0 Å². The average molecular weight is 255 g/mol. The molecule has 1 aromatic heterocycles. The number of ether oxygens (including phenoxy) is 1. The van der Waals surface area contributed by atoms with Gasteiger partial charge >= 0.3 is 5.97 Å². The first kappa shape index (κ1) is 14.5. The van der Waals surface area contributed by atoms with Gasteiger partial charge in [-0.05, 0) is 13.3 Å². The van der Waals surface area contributed by atoms with Crippen molar-refractivity contribution in [3.8, 4) is 0 Å². The van der Waals surface area contributed by atoms with Crippen LogP contribution in [0.25, 0.3) is 0 Å². The van der Waals surface area contributed by atoms with E-state index in [0.717, 1.165) is 17.8 Å². The molecule has 18 heavy (non-hydrogen) atoms. The molecule has 1 atom stereocenters. The largest absolute Gasteiger partial charge is 0.466 e. The van der Waals surface area contributed by atoms with Crippen molar-refractivity contribution >= 4 is 11.7 Å². The predicted octanol–water partition coefficient (Wildman–Crippen LogP) is 0.708. The Labute approximate surface area is 107 Å². The zero-order valence-corrected chi connectivity index (χ0v) is 11.1. The highest BCUT2D eigenvalue weighted by Gasteiger charge is 2.13. The summed E-state index contributed by atoms with van der Waals surface area (Å²) in [6.45, 7) is 4.40. The number of anilines is 1. The molecule has 0 fully saturated rings. The van der Waals surface area contributed by atoms with Gasteiger partial charge in [0, 0.05) is 19.8 Å². The molecule has 0 aliphatic carbocycles. The highest BCUT2D eigenvalue weighted by Crippen LogP contribution is 2.13. The van der Waals surface area contributed by atoms with Gasteiger partial charge in [-0.1, -0.05) is 6.92 Å². The Morgan fingerprint density at radius 3 is 2.94 bits per heavy atom. The molecule has 0 spiro atoms. The number of aromatic nitrogens is 2. The normalized spacial score (nSPS) is 12.2. The van der Waals surface area contributed by atoms with Gasteiger partial charge in [0.1, 0.15) is 0 Å². The van der Waals surface area contributed by atoms with E-state index in [1.165, 1.54) is 0 Å². The first-order chi connectivity index (χ1) is 8.56. The summed E-state index contributed by atoms with van der Waals surface area (Å²) in [7, 11) is 1.85. The van der Waals surface area contributed by atoms with Crippen LogP contribution >= 0.6 is 0 Å². The van der Waals surface area contributed by atoms with Crippen LogP contribution in [-0.2, 0) is 23.0 Å². The highest BCUT2D eigenvalue weighted by atomic mass is 16.5. The lowest BCUT2D eigenvalue weighted by molar-refractivity contribution is -0.145. The Morgan fingerprint density at radius 2 is 2.33 bits per heavy atom. The summed E-state index contributed by atoms with van der Waals surface area (Å²) in [4.78, 5) is 11.2. The number of hydrogen-bond acceptors (Lipinski definition) is 5. The SMILES string of the molecule is CCOC(=O)CC(O)CNc1cn(C)nc1CC. The topological polar surface area (TPSA) is 76.4 Å². The van der Waals surface area contributed by atoms with E-state index in [1.54, 1.807) is 11.6 Å². The number of aryl methyl sites for hydroxylation is 2. The first-order valence-electron chi connectivity index (χ1n) is 6.16. The number of aliphatic hydroxyl groups excluding tert-OH is 1. The Kier molecular flexibility index (Phi) is 5.64. The van der Waals surface area contributed by atoms with Crippen LogP contribution in [0.3, 0.4) is 0 Å². The van der Waals surface area contributed by atoms with E-state index in [9.17, 15) is 9.90 Å². The minimum absolute atomic E-state index is 0.00254. The van der Waals surface area contributed by atoms with Crippen LogP contribution in [0.4, 0.5) is 5.69 Å². The van der Waals surface area contributed by atoms with Gasteiger partial charge in [0.25, 0.3) is 0 Å². The van der Waals surface area contributed by atoms with Crippen LogP contribution in [0.15, 0.2) is 6.20 Å². The van der Waals surface area contributed by atoms with E-state index in [4.69, 9.17) is 4.74 Å². The van der Waals surface area contributed by atoms with E-state index >= 15 is 0 Å². The van der Waals surface area contributed by atoms with E-state index in [2.05, 4.69) is 10.4 Å². The summed E-state index contributed by atoms with van der Waals surface area (Å²) in [6.07, 6.45) is 1.92. The number of nitrogens with one attached hydrogen (secondary N) is 1. The standard InChI is InChI=1S/C12H21N3O3/c1-4-10-11(8-15(3)14-10)13-7-9(16)6-12(17)18-5-2/h8-9,13,16H,4-7H2,1-3H3. The Bertz CT molecular complexity index is 390. The number of hydrogen-bond donors (Lipinski definition) is 2. The lowest BCUT2D eigenvalue weighted by Gasteiger charge is -2.11. The quantitative estimate of drug-likeness (QED) is 0.702. The van der Waals surface area contributed by atoms with Crippen LogP contribution in [0, 0.1) is 0 Å². The fourth-order valence-corrected chi connectivity index (χ4v) is 1.66. The maximum Gasteiger partial charge on any atom is 0.308 e. The Morgan fingerprint density at radius 1 is 1.61 bits per heavy atom. The Balaban J connectivity index is 2.42. The molecule has 102 valence electrons. The molecule has 0 bridgehead atoms. The molecule has 0 aliphatic heterocycles. The molecule has 0 aliphatic rings. The van der Waals surface area contributed by atoms with Crippen molar-refractivity contribution in [1.82, 2.24) is 9.78 Å². The predicted molar refractivity (Wildman–Crippen MR) is 68.3 cm³/mol. The maximum absolute atomic E-state index is 11.2. The Hall–Kier alpha value is -1.56. The molecule has 6 heteroatoms. The third-order valence-electron chi connectivity index (χ3n) is 2.48. The first-order valence-corrected chi connectivity index (χ1v) is 6.16. The van der Waals surface area contributed by atoms with E-state index in [0.29, 0.717) is 13.2 Å².